The minimum atomic E-state index is -6.37. The highest BCUT2D eigenvalue weighted by Crippen LogP contribution is 2.57. The van der Waals surface area contributed by atoms with Crippen LogP contribution in [0.1, 0.15) is 55.7 Å². The number of nitrogens with zero attached hydrogens (tertiary/aromatic N) is 1. The summed E-state index contributed by atoms with van der Waals surface area (Å²) in [6.45, 7) is 1.59. The van der Waals surface area contributed by atoms with Gasteiger partial charge in [-0.05, 0) is 79.8 Å². The molecule has 0 aromatic heterocycles. The number of carbonyl (C=O) groups is 2. The predicted molar refractivity (Wildman–Crippen MR) is 143 cm³/mol. The van der Waals surface area contributed by atoms with Gasteiger partial charge in [0.2, 0.25) is 5.91 Å². The lowest BCUT2D eigenvalue weighted by atomic mass is 9.73. The molecular weight excluding hydrogens is 638 g/mol. The Hall–Kier alpha value is -3.23. The third-order valence-electron chi connectivity index (χ3n) is 9.79. The van der Waals surface area contributed by atoms with Crippen LogP contribution in [0.5, 0.6) is 0 Å². The Morgan fingerprint density at radius 2 is 1.56 bits per heavy atom. The number of fused-ring (bicyclic) bond motifs is 3. The van der Waals surface area contributed by atoms with Gasteiger partial charge in [-0.3, -0.25) is 9.59 Å². The quantitative estimate of drug-likeness (QED) is 0.292. The maximum absolute atomic E-state index is 15.0. The molecule has 5 atom stereocenters. The van der Waals surface area contributed by atoms with Crippen molar-refractivity contribution >= 4 is 21.7 Å². The summed E-state index contributed by atoms with van der Waals surface area (Å²) in [7, 11) is -4.60. The van der Waals surface area contributed by atoms with Gasteiger partial charge in [0.1, 0.15) is 10.6 Å². The molecule has 2 aromatic carbocycles. The second-order valence-corrected chi connectivity index (χ2v) is 14.3. The zero-order valence-electron chi connectivity index (χ0n) is 23.8. The van der Waals surface area contributed by atoms with E-state index in [-0.39, 0.29) is 73.1 Å². The largest absolute Gasteiger partial charge is 0.481 e. The molecule has 246 valence electrons. The number of rotatable bonds is 5. The van der Waals surface area contributed by atoms with Gasteiger partial charge < -0.3 is 10.0 Å². The number of carboxylic acids is 1. The summed E-state index contributed by atoms with van der Waals surface area (Å²) < 4.78 is 137. The van der Waals surface area contributed by atoms with E-state index < -0.39 is 73.7 Å². The van der Waals surface area contributed by atoms with Crippen molar-refractivity contribution in [2.45, 2.75) is 79.2 Å². The third kappa shape index (κ3) is 4.99. The second kappa shape index (κ2) is 10.9. The number of hydrogen-bond acceptors (Lipinski definition) is 4. The predicted octanol–water partition coefficient (Wildman–Crippen LogP) is 6.47. The van der Waals surface area contributed by atoms with E-state index in [1.807, 2.05) is 0 Å². The van der Waals surface area contributed by atoms with Crippen molar-refractivity contribution in [1.29, 1.82) is 0 Å². The lowest BCUT2D eigenvalue weighted by Gasteiger charge is -2.44. The van der Waals surface area contributed by atoms with Gasteiger partial charge in [-0.15, -0.1) is 0 Å². The molecule has 1 saturated heterocycles. The van der Waals surface area contributed by atoms with Crippen LogP contribution in [0.15, 0.2) is 47.4 Å². The van der Waals surface area contributed by atoms with E-state index in [1.54, 1.807) is 6.92 Å². The summed E-state index contributed by atoms with van der Waals surface area (Å²) in [6.07, 6.45) is -12.8. The summed E-state index contributed by atoms with van der Waals surface area (Å²) in [5.74, 6) is -3.83. The molecule has 2 fully saturated rings. The summed E-state index contributed by atoms with van der Waals surface area (Å²) >= 11 is 0. The Morgan fingerprint density at radius 1 is 0.933 bits per heavy atom. The highest BCUT2D eigenvalue weighted by molar-refractivity contribution is 7.92. The lowest BCUT2D eigenvalue weighted by Crippen LogP contribution is -2.54. The first-order chi connectivity index (χ1) is 20.8. The number of benzene rings is 2. The average molecular weight is 668 g/mol. The van der Waals surface area contributed by atoms with Crippen LogP contribution in [0.25, 0.3) is 0 Å². The number of hydrogen-bond donors (Lipinski definition) is 1. The van der Waals surface area contributed by atoms with Crippen LogP contribution in [0, 0.1) is 23.6 Å². The summed E-state index contributed by atoms with van der Waals surface area (Å²) in [5.41, 5.74) is -7.87. The summed E-state index contributed by atoms with van der Waals surface area (Å²) in [6, 6.07) is 4.07. The Bertz CT molecular complexity index is 1590. The van der Waals surface area contributed by atoms with Gasteiger partial charge in [-0.25, -0.2) is 17.2 Å². The molecular formula is C30H29F8NO5S. The third-order valence-corrected chi connectivity index (χ3v) is 12.3. The van der Waals surface area contributed by atoms with E-state index in [4.69, 9.17) is 0 Å². The van der Waals surface area contributed by atoms with Crippen molar-refractivity contribution in [3.63, 3.8) is 0 Å². The SMILES string of the molecule is C[C@H]1CC(C(=O)O)CC[C@H]1C(=O)N1CC[C@]2(S(=O)(=O)c3ccc(F)cc3)c3ccc(C(F)(C(F)(F)F)C(F)(F)F)cc3CC[C@H]12. The first-order valence-electron chi connectivity index (χ1n) is 14.3. The molecule has 2 aromatic rings. The molecule has 3 aliphatic rings. The van der Waals surface area contributed by atoms with Crippen molar-refractivity contribution in [2.75, 3.05) is 6.54 Å². The average Bonchev–Trinajstić information content (AvgIpc) is 3.37. The van der Waals surface area contributed by atoms with Gasteiger partial charge in [-0.2, -0.15) is 26.3 Å². The van der Waals surface area contributed by atoms with Crippen LogP contribution in [0.4, 0.5) is 35.1 Å². The molecule has 1 unspecified atom stereocenters. The number of amides is 1. The lowest BCUT2D eigenvalue weighted by molar-refractivity contribution is -0.348. The van der Waals surface area contributed by atoms with Gasteiger partial charge in [0.15, 0.2) is 9.84 Å². The standard InChI is InChI=1S/C30H29F8NO5S/c1-16-14-18(26(41)42)2-9-22(16)25(40)39-13-12-27(45(43,44)21-7-5-20(31)6-8-21)23-10-4-19(15-17(23)3-11-24(27)39)28(32,29(33,34)35)30(36,37)38/h4-8,10,15-16,18,22,24H,2-3,9,11-14H2,1H3,(H,41,42)/t16-,18?,22+,24-,27-/m0/s1. The van der Waals surface area contributed by atoms with Crippen molar-refractivity contribution in [2.24, 2.45) is 17.8 Å². The van der Waals surface area contributed by atoms with Crippen molar-refractivity contribution in [1.82, 2.24) is 4.90 Å². The van der Waals surface area contributed by atoms with Gasteiger partial charge in [0.25, 0.3) is 0 Å². The monoisotopic (exact) mass is 667 g/mol. The van der Waals surface area contributed by atoms with Crippen LogP contribution in [-0.4, -0.2) is 55.2 Å². The van der Waals surface area contributed by atoms with Crippen LogP contribution in [-0.2, 0) is 36.3 Å². The number of sulfone groups is 1. The number of halogens is 8. The molecule has 1 aliphatic heterocycles. The van der Waals surface area contributed by atoms with Gasteiger partial charge >= 0.3 is 24.0 Å². The molecule has 1 heterocycles. The maximum Gasteiger partial charge on any atom is 0.435 e. The smallest absolute Gasteiger partial charge is 0.435 e. The van der Waals surface area contributed by atoms with E-state index in [9.17, 15) is 53.8 Å². The van der Waals surface area contributed by atoms with E-state index in [2.05, 4.69) is 0 Å². The van der Waals surface area contributed by atoms with E-state index in [0.717, 1.165) is 30.3 Å². The van der Waals surface area contributed by atoms with Crippen LogP contribution in [0.3, 0.4) is 0 Å². The fraction of sp³-hybridized carbons (Fsp3) is 0.533. The number of aliphatic carboxylic acids is 1. The van der Waals surface area contributed by atoms with Gasteiger partial charge in [0, 0.05) is 18.0 Å². The topological polar surface area (TPSA) is 91.8 Å². The maximum atomic E-state index is 15.0. The van der Waals surface area contributed by atoms with Crippen molar-refractivity contribution in [3.05, 3.63) is 65.0 Å². The minimum absolute atomic E-state index is 0.130. The Morgan fingerprint density at radius 3 is 2.11 bits per heavy atom. The molecule has 0 spiro atoms. The summed E-state index contributed by atoms with van der Waals surface area (Å²) in [4.78, 5) is 26.4. The molecule has 5 rings (SSSR count). The van der Waals surface area contributed by atoms with E-state index in [1.165, 1.54) is 4.90 Å². The molecule has 1 N–H and O–H groups in total. The van der Waals surface area contributed by atoms with Crippen molar-refractivity contribution in [3.8, 4) is 0 Å². The number of alkyl halides is 7. The highest BCUT2D eigenvalue weighted by Gasteiger charge is 2.74. The van der Waals surface area contributed by atoms with Crippen LogP contribution >= 0.6 is 0 Å². The molecule has 0 bridgehead atoms. The summed E-state index contributed by atoms with van der Waals surface area (Å²) in [5, 5.41) is 9.41. The molecule has 6 nitrogen and oxygen atoms in total. The number of carbonyl (C=O) groups excluding carboxylic acids is 1. The van der Waals surface area contributed by atoms with Gasteiger partial charge in [0.05, 0.1) is 16.9 Å². The van der Waals surface area contributed by atoms with E-state index >= 15 is 4.39 Å². The normalized spacial score (nSPS) is 27.5. The fourth-order valence-corrected chi connectivity index (χ4v) is 9.89. The molecule has 0 radical (unpaired) electrons. The van der Waals surface area contributed by atoms with Crippen LogP contribution in [0.2, 0.25) is 0 Å². The number of carboxylic acid groups (broad SMARTS) is 1. The number of likely N-dealkylation sites (tertiary alicyclic amines) is 1. The minimum Gasteiger partial charge on any atom is -0.481 e. The molecule has 1 amide bonds. The van der Waals surface area contributed by atoms with E-state index in [0.29, 0.717) is 6.07 Å². The first-order valence-corrected chi connectivity index (χ1v) is 15.8. The fourth-order valence-electron chi connectivity index (χ4n) is 7.52. The number of aryl methyl sites for hydroxylation is 1. The first kappa shape index (κ1) is 33.1. The Labute approximate surface area is 253 Å². The molecule has 2 aliphatic carbocycles. The zero-order chi connectivity index (χ0) is 33.3. The molecule has 15 heteroatoms. The Kier molecular flexibility index (Phi) is 8.06. The zero-order valence-corrected chi connectivity index (χ0v) is 24.6. The van der Waals surface area contributed by atoms with Crippen LogP contribution < -0.4 is 0 Å². The van der Waals surface area contributed by atoms with Crippen molar-refractivity contribution < 1.29 is 58.2 Å². The second-order valence-electron chi connectivity index (χ2n) is 12.1. The molecule has 45 heavy (non-hydrogen) atoms. The molecule has 1 saturated carbocycles. The Balaban J connectivity index is 1.63. The highest BCUT2D eigenvalue weighted by atomic mass is 32.2. The van der Waals surface area contributed by atoms with Gasteiger partial charge in [-0.1, -0.05) is 25.1 Å².